The van der Waals surface area contributed by atoms with Gasteiger partial charge in [0.05, 0.1) is 16.0 Å². The third-order valence-corrected chi connectivity index (χ3v) is 4.71. The van der Waals surface area contributed by atoms with E-state index >= 15 is 0 Å². The van der Waals surface area contributed by atoms with Crippen LogP contribution >= 0.6 is 8.03 Å². The van der Waals surface area contributed by atoms with Gasteiger partial charge in [0.2, 0.25) is 6.29 Å². The Morgan fingerprint density at radius 3 is 2.39 bits per heavy atom. The molecule has 11 heteroatoms. The highest BCUT2D eigenvalue weighted by molar-refractivity contribution is 7.37. The summed E-state index contributed by atoms with van der Waals surface area (Å²) in [5, 5.41) is 11.2. The minimum Gasteiger partial charge on any atom is -0.316 e. The van der Waals surface area contributed by atoms with Crippen LogP contribution in [0.25, 0.3) is 11.0 Å². The molecule has 1 unspecified atom stereocenters. The van der Waals surface area contributed by atoms with Crippen molar-refractivity contribution in [2.45, 2.75) is 13.1 Å². The normalized spacial score (nSPS) is 11.7. The first-order valence-corrected chi connectivity index (χ1v) is 9.56. The molecule has 144 valence electrons. The highest BCUT2D eigenvalue weighted by Gasteiger charge is 2.22. The van der Waals surface area contributed by atoms with Gasteiger partial charge < -0.3 is 9.97 Å². The van der Waals surface area contributed by atoms with E-state index in [9.17, 15) is 29.2 Å². The van der Waals surface area contributed by atoms with E-state index in [0.29, 0.717) is 12.1 Å². The number of benzene rings is 2. The average molecular weight is 403 g/mol. The number of H-pyrrole nitrogens is 2. The quantitative estimate of drug-likeness (QED) is 0.236. The van der Waals surface area contributed by atoms with E-state index < -0.39 is 24.1 Å². The minimum absolute atomic E-state index is 0.0523. The van der Waals surface area contributed by atoms with Gasteiger partial charge in [0, 0.05) is 25.2 Å². The molecule has 10 nitrogen and oxygen atoms in total. The topological polar surface area (TPSA) is 149 Å². The maximum Gasteiger partial charge on any atom is 0.521 e. The van der Waals surface area contributed by atoms with Crippen LogP contribution in [0.5, 0.6) is 0 Å². The number of rotatable bonds is 7. The molecule has 1 aromatic heterocycles. The van der Waals surface area contributed by atoms with Gasteiger partial charge in [-0.15, -0.1) is 0 Å². The first-order valence-electron chi connectivity index (χ1n) is 8.17. The summed E-state index contributed by atoms with van der Waals surface area (Å²) in [4.78, 5) is 49.7. The van der Waals surface area contributed by atoms with Gasteiger partial charge in [-0.1, -0.05) is 30.3 Å². The zero-order valence-corrected chi connectivity index (χ0v) is 15.4. The van der Waals surface area contributed by atoms with Gasteiger partial charge in [0.1, 0.15) is 0 Å². The summed E-state index contributed by atoms with van der Waals surface area (Å²) in [6, 6.07) is 11.6. The molecule has 0 amide bonds. The first-order chi connectivity index (χ1) is 13.3. The lowest BCUT2D eigenvalue weighted by Crippen LogP contribution is -2.30. The summed E-state index contributed by atoms with van der Waals surface area (Å²) in [6.45, 7) is 0.372. The number of hydrogen-bond acceptors (Lipinski definition) is 6. The Morgan fingerprint density at radius 1 is 1.07 bits per heavy atom. The fraction of sp³-hybridized carbons (Fsp3) is 0.176. The highest BCUT2D eigenvalue weighted by atomic mass is 31.1. The summed E-state index contributed by atoms with van der Waals surface area (Å²) in [7, 11) is -2.49. The van der Waals surface area contributed by atoms with Crippen LogP contribution < -0.4 is 11.1 Å². The summed E-state index contributed by atoms with van der Waals surface area (Å²) in [5.74, 6) is 0. The first kappa shape index (κ1) is 19.6. The molecule has 1 heterocycles. The Hall–Kier alpha value is -3.20. The number of aromatic nitrogens is 2. The Bertz CT molecular complexity index is 1160. The van der Waals surface area contributed by atoms with E-state index in [4.69, 9.17) is 0 Å². The minimum atomic E-state index is -2.49. The molecule has 2 aromatic carbocycles. The molecule has 0 fully saturated rings. The van der Waals surface area contributed by atoms with E-state index in [-0.39, 0.29) is 29.6 Å². The molecular weight excluding hydrogens is 387 g/mol. The van der Waals surface area contributed by atoms with Crippen LogP contribution in [0, 0.1) is 10.1 Å². The zero-order chi connectivity index (χ0) is 20.3. The van der Waals surface area contributed by atoms with Gasteiger partial charge in [-0.3, -0.25) is 24.6 Å². The second kappa shape index (κ2) is 8.22. The summed E-state index contributed by atoms with van der Waals surface area (Å²) in [6.07, 6.45) is -0.165. The van der Waals surface area contributed by atoms with Crippen molar-refractivity contribution in [2.24, 2.45) is 0 Å². The van der Waals surface area contributed by atoms with Crippen molar-refractivity contribution >= 4 is 24.7 Å². The number of fused-ring (bicyclic) bond motifs is 1. The average Bonchev–Trinajstić information content (AvgIpc) is 2.63. The fourth-order valence-corrected chi connectivity index (χ4v) is 3.46. The Balaban J connectivity index is 2.07. The van der Waals surface area contributed by atoms with Crippen LogP contribution in [0.4, 0.5) is 5.69 Å². The van der Waals surface area contributed by atoms with Gasteiger partial charge in [-0.05, 0) is 15.7 Å². The lowest BCUT2D eigenvalue weighted by molar-refractivity contribution is -0.384. The van der Waals surface area contributed by atoms with E-state index in [1.165, 1.54) is 6.07 Å². The Kier molecular flexibility index (Phi) is 5.74. The summed E-state index contributed by atoms with van der Waals surface area (Å²) >= 11 is 0. The van der Waals surface area contributed by atoms with Crippen LogP contribution in [0.1, 0.15) is 11.1 Å². The predicted octanol–water partition coefficient (Wildman–Crippen LogP) is 1.82. The summed E-state index contributed by atoms with van der Waals surface area (Å²) in [5.41, 5.74) is -0.480. The molecule has 3 N–H and O–H groups in total. The van der Waals surface area contributed by atoms with Crippen molar-refractivity contribution < 1.29 is 14.4 Å². The molecule has 0 radical (unpaired) electrons. The smallest absolute Gasteiger partial charge is 0.316 e. The van der Waals surface area contributed by atoms with Gasteiger partial charge in [-0.2, -0.15) is 4.89 Å². The number of nitrogens with one attached hydrogen (secondary N) is 2. The third-order valence-electron chi connectivity index (χ3n) is 4.07. The molecule has 3 rings (SSSR count). The lowest BCUT2D eigenvalue weighted by atomic mass is 10.1. The van der Waals surface area contributed by atoms with Crippen molar-refractivity contribution in [3.05, 3.63) is 84.4 Å². The predicted molar refractivity (Wildman–Crippen MR) is 102 cm³/mol. The molecule has 0 spiro atoms. The number of hydrogen-bond donors (Lipinski definition) is 3. The molecule has 0 aliphatic heterocycles. The maximum atomic E-state index is 11.7. The standard InChI is InChI=1S/C17H15N4O6P/c22-16-17(23)19-15-12(6-13(21(24)25)7-14(15)18-16)9-20(10-28(26)27)8-11-4-2-1-3-5-11/h1-7H,8-10H2,(H2-,18,19,22,23,26,27)/p+1. The van der Waals surface area contributed by atoms with Crippen molar-refractivity contribution in [1.82, 2.24) is 14.9 Å². The molecule has 0 saturated carbocycles. The summed E-state index contributed by atoms with van der Waals surface area (Å²) < 4.78 is 11.4. The van der Waals surface area contributed by atoms with Gasteiger partial charge >= 0.3 is 19.1 Å². The van der Waals surface area contributed by atoms with Gasteiger partial charge in [0.25, 0.3) is 5.69 Å². The van der Waals surface area contributed by atoms with Crippen LogP contribution in [0.15, 0.2) is 52.1 Å². The SMILES string of the molecule is O=c1[nH]c2cc([N+](=O)[O-])cc(CN(Cc3ccccc3)C[P+](=O)O)c2[nH]c1=O. The number of aromatic amines is 2. The molecule has 0 aliphatic rings. The zero-order valence-electron chi connectivity index (χ0n) is 14.5. The van der Waals surface area contributed by atoms with Crippen molar-refractivity contribution in [3.8, 4) is 0 Å². The van der Waals surface area contributed by atoms with E-state index in [1.54, 1.807) is 4.90 Å². The van der Waals surface area contributed by atoms with Crippen molar-refractivity contribution in [1.29, 1.82) is 0 Å². The Labute approximate surface area is 158 Å². The molecule has 3 aromatic rings. The van der Waals surface area contributed by atoms with Crippen LogP contribution in [-0.4, -0.2) is 31.0 Å². The number of non-ortho nitro benzene ring substituents is 1. The fourth-order valence-electron chi connectivity index (χ4n) is 2.92. The number of nitro benzene ring substituents is 1. The Morgan fingerprint density at radius 2 is 1.75 bits per heavy atom. The number of nitrogens with zero attached hydrogens (tertiary/aromatic N) is 2. The molecule has 0 saturated heterocycles. The monoisotopic (exact) mass is 403 g/mol. The molecule has 1 atom stereocenters. The second-order valence-electron chi connectivity index (χ2n) is 6.16. The third kappa shape index (κ3) is 4.55. The molecule has 28 heavy (non-hydrogen) atoms. The van der Waals surface area contributed by atoms with Gasteiger partial charge in [0.15, 0.2) is 0 Å². The highest BCUT2D eigenvalue weighted by Crippen LogP contribution is 2.25. The second-order valence-corrected chi connectivity index (χ2v) is 7.15. The maximum absolute atomic E-state index is 11.7. The van der Waals surface area contributed by atoms with Crippen molar-refractivity contribution in [2.75, 3.05) is 6.29 Å². The molecule has 0 aliphatic carbocycles. The van der Waals surface area contributed by atoms with Crippen LogP contribution in [0.3, 0.4) is 0 Å². The van der Waals surface area contributed by atoms with Crippen LogP contribution in [0.2, 0.25) is 0 Å². The van der Waals surface area contributed by atoms with E-state index in [0.717, 1.165) is 11.6 Å². The lowest BCUT2D eigenvalue weighted by Gasteiger charge is -2.18. The largest absolute Gasteiger partial charge is 0.521 e. The number of nitro groups is 1. The van der Waals surface area contributed by atoms with E-state index in [2.05, 4.69) is 9.97 Å². The molecular formula is C17H16N4O6P+. The molecule has 0 bridgehead atoms. The van der Waals surface area contributed by atoms with E-state index in [1.807, 2.05) is 30.3 Å². The van der Waals surface area contributed by atoms with Crippen molar-refractivity contribution in [3.63, 3.8) is 0 Å². The van der Waals surface area contributed by atoms with Gasteiger partial charge in [-0.25, -0.2) is 0 Å². The van der Waals surface area contributed by atoms with Crippen LogP contribution in [-0.2, 0) is 17.7 Å².